The van der Waals surface area contributed by atoms with Gasteiger partial charge in [-0.1, -0.05) is 0 Å². The third-order valence-corrected chi connectivity index (χ3v) is 3.43. The van der Waals surface area contributed by atoms with Crippen LogP contribution < -0.4 is 15.1 Å². The Morgan fingerprint density at radius 3 is 2.29 bits per heavy atom. The summed E-state index contributed by atoms with van der Waals surface area (Å²) in [6, 6.07) is 5.59. The number of urea groups is 1. The average molecular weight is 333 g/mol. The molecule has 0 aliphatic carbocycles. The molecule has 2 rings (SSSR count). The van der Waals surface area contributed by atoms with E-state index in [1.165, 1.54) is 0 Å². The van der Waals surface area contributed by atoms with Crippen LogP contribution in [0.25, 0.3) is 0 Å². The number of rotatable bonds is 4. The maximum atomic E-state index is 12.5. The van der Waals surface area contributed by atoms with E-state index in [9.17, 15) is 14.4 Å². The van der Waals surface area contributed by atoms with Crippen molar-refractivity contribution in [1.29, 1.82) is 0 Å². The van der Waals surface area contributed by atoms with Crippen molar-refractivity contribution in [2.45, 2.75) is 38.8 Å². The summed E-state index contributed by atoms with van der Waals surface area (Å²) in [5.74, 6) is -0.977. The van der Waals surface area contributed by atoms with Gasteiger partial charge in [0.1, 0.15) is 11.6 Å². The first-order valence-corrected chi connectivity index (χ1v) is 7.72. The Hall–Kier alpha value is -2.57. The van der Waals surface area contributed by atoms with E-state index < -0.39 is 29.6 Å². The molecule has 7 nitrogen and oxygen atoms in total. The van der Waals surface area contributed by atoms with Gasteiger partial charge in [0.05, 0.1) is 12.1 Å². The standard InChI is InChI=1S/C17H23N3O4/c1-17(2,3)24-14(21)10-13-15(22)20(16(23)18-13)12-8-6-11(7-9-12)19(4)5/h6-9,13H,10H2,1-5H3,(H,18,23)/t13-/m0/s1. The molecule has 0 unspecified atom stereocenters. The fourth-order valence-corrected chi connectivity index (χ4v) is 2.36. The second-order valence-electron chi connectivity index (χ2n) is 6.88. The number of carbonyl (C=O) groups excluding carboxylic acids is 3. The first kappa shape index (κ1) is 17.8. The lowest BCUT2D eigenvalue weighted by Crippen LogP contribution is -2.35. The van der Waals surface area contributed by atoms with Gasteiger partial charge in [-0.25, -0.2) is 9.69 Å². The number of benzene rings is 1. The summed E-state index contributed by atoms with van der Waals surface area (Å²) >= 11 is 0. The number of esters is 1. The summed E-state index contributed by atoms with van der Waals surface area (Å²) < 4.78 is 5.20. The normalized spacial score (nSPS) is 17.7. The van der Waals surface area contributed by atoms with Gasteiger partial charge in [0.15, 0.2) is 0 Å². The molecule has 3 amide bonds. The SMILES string of the molecule is CN(C)c1ccc(N2C(=O)N[C@@H](CC(=O)OC(C)(C)C)C2=O)cc1. The third kappa shape index (κ3) is 4.04. The number of anilines is 2. The van der Waals surface area contributed by atoms with Crippen LogP contribution in [0.2, 0.25) is 0 Å². The van der Waals surface area contributed by atoms with E-state index in [4.69, 9.17) is 4.74 Å². The van der Waals surface area contributed by atoms with Gasteiger partial charge in [0.2, 0.25) is 0 Å². The Morgan fingerprint density at radius 1 is 1.21 bits per heavy atom. The van der Waals surface area contributed by atoms with E-state index in [2.05, 4.69) is 5.32 Å². The zero-order valence-electron chi connectivity index (χ0n) is 14.6. The van der Waals surface area contributed by atoms with Gasteiger partial charge in [-0.3, -0.25) is 9.59 Å². The highest BCUT2D eigenvalue weighted by Crippen LogP contribution is 2.24. The van der Waals surface area contributed by atoms with E-state index in [1.54, 1.807) is 32.9 Å². The molecule has 7 heteroatoms. The minimum atomic E-state index is -0.902. The van der Waals surface area contributed by atoms with Crippen LogP contribution in [0.1, 0.15) is 27.2 Å². The predicted octanol–water partition coefficient (Wildman–Crippen LogP) is 1.91. The highest BCUT2D eigenvalue weighted by Gasteiger charge is 2.40. The third-order valence-electron chi connectivity index (χ3n) is 3.43. The van der Waals surface area contributed by atoms with E-state index in [0.29, 0.717) is 5.69 Å². The highest BCUT2D eigenvalue weighted by atomic mass is 16.6. The first-order valence-electron chi connectivity index (χ1n) is 7.72. The van der Waals surface area contributed by atoms with Crippen molar-refractivity contribution in [1.82, 2.24) is 5.32 Å². The van der Waals surface area contributed by atoms with Crippen molar-refractivity contribution in [2.75, 3.05) is 23.9 Å². The molecule has 1 atom stereocenters. The Bertz CT molecular complexity index is 647. The summed E-state index contributed by atoms with van der Waals surface area (Å²) in [4.78, 5) is 39.4. The molecule has 1 saturated heterocycles. The van der Waals surface area contributed by atoms with Crippen molar-refractivity contribution < 1.29 is 19.1 Å². The Kier molecular flexibility index (Phi) is 4.82. The Labute approximate surface area is 141 Å². The van der Waals surface area contributed by atoms with E-state index >= 15 is 0 Å². The van der Waals surface area contributed by atoms with Crippen molar-refractivity contribution >= 4 is 29.3 Å². The summed E-state index contributed by atoms with van der Waals surface area (Å²) in [6.45, 7) is 5.25. The number of hydrogen-bond acceptors (Lipinski definition) is 5. The molecule has 1 aromatic carbocycles. The van der Waals surface area contributed by atoms with Gasteiger partial charge >= 0.3 is 12.0 Å². The van der Waals surface area contributed by atoms with Crippen molar-refractivity contribution in [3.8, 4) is 0 Å². The second kappa shape index (κ2) is 6.51. The fraction of sp³-hybridized carbons (Fsp3) is 0.471. The van der Waals surface area contributed by atoms with Crippen LogP contribution in [-0.2, 0) is 14.3 Å². The van der Waals surface area contributed by atoms with Crippen LogP contribution in [0.5, 0.6) is 0 Å². The maximum absolute atomic E-state index is 12.5. The summed E-state index contributed by atoms with van der Waals surface area (Å²) in [5, 5.41) is 2.53. The number of nitrogens with one attached hydrogen (secondary N) is 1. The zero-order valence-corrected chi connectivity index (χ0v) is 14.6. The minimum absolute atomic E-state index is 0.186. The molecule has 1 aliphatic heterocycles. The number of carbonyl (C=O) groups is 3. The van der Waals surface area contributed by atoms with Crippen molar-refractivity contribution in [3.05, 3.63) is 24.3 Å². The molecule has 0 spiro atoms. The van der Waals surface area contributed by atoms with Gasteiger partial charge in [0.25, 0.3) is 5.91 Å². The van der Waals surface area contributed by atoms with Crippen LogP contribution in [0.4, 0.5) is 16.2 Å². The molecular weight excluding hydrogens is 310 g/mol. The molecule has 0 aromatic heterocycles. The lowest BCUT2D eigenvalue weighted by atomic mass is 10.1. The fourth-order valence-electron chi connectivity index (χ4n) is 2.36. The van der Waals surface area contributed by atoms with Crippen LogP contribution in [0.3, 0.4) is 0 Å². The van der Waals surface area contributed by atoms with Crippen LogP contribution in [0.15, 0.2) is 24.3 Å². The number of hydrogen-bond donors (Lipinski definition) is 1. The molecule has 0 saturated carbocycles. The summed E-state index contributed by atoms with van der Waals surface area (Å²) in [6.07, 6.45) is -0.186. The molecule has 1 fully saturated rings. The van der Waals surface area contributed by atoms with E-state index in [0.717, 1.165) is 10.6 Å². The minimum Gasteiger partial charge on any atom is -0.460 e. The molecular formula is C17H23N3O4. The quantitative estimate of drug-likeness (QED) is 0.672. The van der Waals surface area contributed by atoms with Gasteiger partial charge < -0.3 is 15.0 Å². The van der Waals surface area contributed by atoms with Crippen LogP contribution in [0, 0.1) is 0 Å². The summed E-state index contributed by atoms with van der Waals surface area (Å²) in [5.41, 5.74) is 0.788. The van der Waals surface area contributed by atoms with E-state index in [-0.39, 0.29) is 6.42 Å². The van der Waals surface area contributed by atoms with Crippen LogP contribution in [-0.4, -0.2) is 43.6 Å². The molecule has 0 bridgehead atoms. The zero-order chi connectivity index (χ0) is 18.1. The number of nitrogens with zero attached hydrogens (tertiary/aromatic N) is 2. The lowest BCUT2D eigenvalue weighted by molar-refractivity contribution is -0.156. The largest absolute Gasteiger partial charge is 0.460 e. The predicted molar refractivity (Wildman–Crippen MR) is 91.0 cm³/mol. The van der Waals surface area contributed by atoms with Crippen molar-refractivity contribution in [2.24, 2.45) is 0 Å². The monoisotopic (exact) mass is 333 g/mol. The molecule has 0 radical (unpaired) electrons. The van der Waals surface area contributed by atoms with Crippen LogP contribution >= 0.6 is 0 Å². The topological polar surface area (TPSA) is 78.9 Å². The molecule has 24 heavy (non-hydrogen) atoms. The lowest BCUT2D eigenvalue weighted by Gasteiger charge is -2.20. The second-order valence-corrected chi connectivity index (χ2v) is 6.88. The first-order chi connectivity index (χ1) is 11.1. The smallest absolute Gasteiger partial charge is 0.329 e. The molecule has 130 valence electrons. The van der Waals surface area contributed by atoms with Gasteiger partial charge in [-0.05, 0) is 45.0 Å². The molecule has 1 aromatic rings. The molecule has 1 heterocycles. The number of ether oxygens (including phenoxy) is 1. The number of amides is 3. The van der Waals surface area contributed by atoms with Crippen molar-refractivity contribution in [3.63, 3.8) is 0 Å². The molecule has 1 N–H and O–H groups in total. The molecule has 1 aliphatic rings. The van der Waals surface area contributed by atoms with Gasteiger partial charge in [-0.2, -0.15) is 0 Å². The average Bonchev–Trinajstić information content (AvgIpc) is 2.71. The summed E-state index contributed by atoms with van der Waals surface area (Å²) in [7, 11) is 3.80. The Balaban J connectivity index is 2.10. The van der Waals surface area contributed by atoms with E-state index in [1.807, 2.05) is 31.1 Å². The number of imide groups is 1. The van der Waals surface area contributed by atoms with Gasteiger partial charge in [-0.15, -0.1) is 0 Å². The maximum Gasteiger partial charge on any atom is 0.329 e. The highest BCUT2D eigenvalue weighted by molar-refractivity contribution is 6.22. The Morgan fingerprint density at radius 2 is 1.79 bits per heavy atom. The van der Waals surface area contributed by atoms with Gasteiger partial charge in [0, 0.05) is 19.8 Å².